The van der Waals surface area contributed by atoms with Gasteiger partial charge in [0.2, 0.25) is 5.91 Å². The fraction of sp³-hybridized carbons (Fsp3) is 0.500. The summed E-state index contributed by atoms with van der Waals surface area (Å²) in [7, 11) is 0. The molecule has 0 aromatic carbocycles. The first-order valence-electron chi connectivity index (χ1n) is 9.10. The number of hydrogen-bond acceptors (Lipinski definition) is 7. The molecule has 1 saturated heterocycles. The molecule has 3 amide bonds. The molecule has 0 saturated carbocycles. The van der Waals surface area contributed by atoms with Gasteiger partial charge in [-0.2, -0.15) is 0 Å². The minimum atomic E-state index is -0.656. The van der Waals surface area contributed by atoms with Gasteiger partial charge in [-0.3, -0.25) is 9.69 Å². The highest BCUT2D eigenvalue weighted by Gasteiger charge is 2.23. The lowest BCUT2D eigenvalue weighted by atomic mass is 10.1. The normalized spacial score (nSPS) is 21.2. The summed E-state index contributed by atoms with van der Waals surface area (Å²) in [5.74, 6) is -0.221. The Morgan fingerprint density at radius 1 is 1.36 bits per heavy atom. The van der Waals surface area contributed by atoms with Crippen LogP contribution in [0.2, 0.25) is 0 Å². The van der Waals surface area contributed by atoms with E-state index in [4.69, 9.17) is 10.5 Å². The third kappa shape index (κ3) is 5.99. The molecule has 0 aliphatic carbocycles. The van der Waals surface area contributed by atoms with Crippen molar-refractivity contribution in [1.29, 1.82) is 0 Å². The first kappa shape index (κ1) is 20.7. The number of morpholine rings is 1. The number of thiophene rings is 1. The van der Waals surface area contributed by atoms with Gasteiger partial charge in [0.15, 0.2) is 5.13 Å². The maximum atomic E-state index is 12.4. The first-order chi connectivity index (χ1) is 13.4. The molecular weight excluding hydrogens is 398 g/mol. The molecule has 2 aromatic heterocycles. The van der Waals surface area contributed by atoms with Crippen molar-refractivity contribution in [1.82, 2.24) is 15.2 Å². The van der Waals surface area contributed by atoms with Gasteiger partial charge in [-0.05, 0) is 25.3 Å². The molecular formula is C18H25N5O3S2. The summed E-state index contributed by atoms with van der Waals surface area (Å²) in [6.45, 7) is 6.60. The molecule has 1 aliphatic rings. The lowest BCUT2D eigenvalue weighted by molar-refractivity contribution is -0.116. The zero-order valence-corrected chi connectivity index (χ0v) is 17.5. The zero-order valence-electron chi connectivity index (χ0n) is 15.9. The number of thiazole rings is 1. The summed E-state index contributed by atoms with van der Waals surface area (Å²) >= 11 is 2.86. The number of hydrogen-bond donors (Lipinski definition) is 3. The van der Waals surface area contributed by atoms with E-state index in [0.29, 0.717) is 5.13 Å². The van der Waals surface area contributed by atoms with Gasteiger partial charge in [0.25, 0.3) is 0 Å². The maximum Gasteiger partial charge on any atom is 0.312 e. The van der Waals surface area contributed by atoms with Crippen LogP contribution in [0.1, 0.15) is 36.9 Å². The fourth-order valence-corrected chi connectivity index (χ4v) is 4.81. The Kier molecular flexibility index (Phi) is 7.00. The number of anilines is 1. The van der Waals surface area contributed by atoms with E-state index in [9.17, 15) is 9.59 Å². The average molecular weight is 424 g/mol. The van der Waals surface area contributed by atoms with Gasteiger partial charge < -0.3 is 21.1 Å². The van der Waals surface area contributed by atoms with Gasteiger partial charge in [0.05, 0.1) is 30.4 Å². The Labute approximate surface area is 172 Å². The Balaban J connectivity index is 1.55. The van der Waals surface area contributed by atoms with E-state index in [1.165, 1.54) is 22.7 Å². The van der Waals surface area contributed by atoms with Crippen molar-refractivity contribution in [3.8, 4) is 0 Å². The molecule has 3 atom stereocenters. The number of ether oxygens (including phenoxy) is 1. The smallest absolute Gasteiger partial charge is 0.312 e. The summed E-state index contributed by atoms with van der Waals surface area (Å²) < 4.78 is 5.75. The van der Waals surface area contributed by atoms with Gasteiger partial charge >= 0.3 is 6.03 Å². The standard InChI is InChI=1S/C18H25N5O3S2/c1-11-7-23(8-12(2)26-11)9-13-10-28-18(20-13)22-16(24)6-14(21-17(19)25)15-4-3-5-27-15/h3-5,10-12,14H,6-9H2,1-2H3,(H3,19,21,25)(H,20,22,24). The topological polar surface area (TPSA) is 110 Å². The molecule has 3 unspecified atom stereocenters. The van der Waals surface area contributed by atoms with Crippen molar-refractivity contribution >= 4 is 39.7 Å². The molecule has 8 nitrogen and oxygen atoms in total. The van der Waals surface area contributed by atoms with Crippen LogP contribution < -0.4 is 16.4 Å². The number of urea groups is 1. The van der Waals surface area contributed by atoms with Crippen LogP contribution in [0, 0.1) is 0 Å². The van der Waals surface area contributed by atoms with Gasteiger partial charge in [0.1, 0.15) is 0 Å². The van der Waals surface area contributed by atoms with E-state index in [2.05, 4.69) is 34.4 Å². The highest BCUT2D eigenvalue weighted by molar-refractivity contribution is 7.14. The Morgan fingerprint density at radius 2 is 2.11 bits per heavy atom. The fourth-order valence-electron chi connectivity index (χ4n) is 3.32. The summed E-state index contributed by atoms with van der Waals surface area (Å²) in [5, 5.41) is 9.84. The molecule has 0 bridgehead atoms. The number of rotatable bonds is 7. The summed E-state index contributed by atoms with van der Waals surface area (Å²) in [6, 6.07) is 2.63. The average Bonchev–Trinajstić information content (AvgIpc) is 3.25. The van der Waals surface area contributed by atoms with Gasteiger partial charge in [0, 0.05) is 29.9 Å². The Morgan fingerprint density at radius 3 is 2.75 bits per heavy atom. The van der Waals surface area contributed by atoms with Crippen LogP contribution in [0.3, 0.4) is 0 Å². The van der Waals surface area contributed by atoms with Crippen LogP contribution >= 0.6 is 22.7 Å². The lowest BCUT2D eigenvalue weighted by Gasteiger charge is -2.34. The van der Waals surface area contributed by atoms with Crippen LogP contribution in [0.15, 0.2) is 22.9 Å². The molecule has 10 heteroatoms. The Hall–Kier alpha value is -2.01. The molecule has 1 aliphatic heterocycles. The quantitative estimate of drug-likeness (QED) is 0.634. The number of aromatic nitrogens is 1. The van der Waals surface area contributed by atoms with Crippen molar-refractivity contribution in [2.24, 2.45) is 5.73 Å². The Bertz CT molecular complexity index is 785. The van der Waals surface area contributed by atoms with Crippen molar-refractivity contribution in [2.75, 3.05) is 18.4 Å². The van der Waals surface area contributed by atoms with Crippen LogP contribution in [-0.2, 0) is 16.1 Å². The van der Waals surface area contributed by atoms with Crippen LogP contribution in [0.4, 0.5) is 9.93 Å². The number of carbonyl (C=O) groups is 2. The minimum absolute atomic E-state index is 0.0941. The van der Waals surface area contributed by atoms with Crippen molar-refractivity contribution < 1.29 is 14.3 Å². The van der Waals surface area contributed by atoms with Crippen LogP contribution in [-0.4, -0.2) is 47.1 Å². The van der Waals surface area contributed by atoms with Gasteiger partial charge in [-0.25, -0.2) is 9.78 Å². The van der Waals surface area contributed by atoms with E-state index in [1.807, 2.05) is 22.9 Å². The monoisotopic (exact) mass is 423 g/mol. The second-order valence-corrected chi connectivity index (χ2v) is 8.76. The highest BCUT2D eigenvalue weighted by Crippen LogP contribution is 2.24. The van der Waals surface area contributed by atoms with Gasteiger partial charge in [-0.15, -0.1) is 22.7 Å². The van der Waals surface area contributed by atoms with E-state index < -0.39 is 12.1 Å². The van der Waals surface area contributed by atoms with Crippen molar-refractivity contribution in [2.45, 2.75) is 45.1 Å². The summed E-state index contributed by atoms with van der Waals surface area (Å²) in [4.78, 5) is 31.4. The number of nitrogens with two attached hydrogens (primary N) is 1. The van der Waals surface area contributed by atoms with E-state index in [1.54, 1.807) is 0 Å². The van der Waals surface area contributed by atoms with E-state index in [0.717, 1.165) is 30.2 Å². The molecule has 3 rings (SSSR count). The number of primary amides is 1. The van der Waals surface area contributed by atoms with Gasteiger partial charge in [-0.1, -0.05) is 6.07 Å². The molecule has 0 radical (unpaired) electrons. The van der Waals surface area contributed by atoms with E-state index in [-0.39, 0.29) is 24.5 Å². The SMILES string of the molecule is CC1CN(Cc2csc(NC(=O)CC(NC(N)=O)c3cccs3)n2)CC(C)O1. The number of amides is 3. The highest BCUT2D eigenvalue weighted by atomic mass is 32.1. The molecule has 2 aromatic rings. The summed E-state index contributed by atoms with van der Waals surface area (Å²) in [6.07, 6.45) is 0.499. The van der Waals surface area contributed by atoms with Crippen LogP contribution in [0.5, 0.6) is 0 Å². The lowest BCUT2D eigenvalue weighted by Crippen LogP contribution is -2.44. The van der Waals surface area contributed by atoms with Crippen molar-refractivity contribution in [3.05, 3.63) is 33.5 Å². The second-order valence-electron chi connectivity index (χ2n) is 6.92. The zero-order chi connectivity index (χ0) is 20.1. The number of nitrogens with one attached hydrogen (secondary N) is 2. The first-order valence-corrected chi connectivity index (χ1v) is 10.9. The minimum Gasteiger partial charge on any atom is -0.373 e. The largest absolute Gasteiger partial charge is 0.373 e. The molecule has 0 spiro atoms. The molecule has 28 heavy (non-hydrogen) atoms. The molecule has 4 N–H and O–H groups in total. The maximum absolute atomic E-state index is 12.4. The second kappa shape index (κ2) is 9.46. The summed E-state index contributed by atoms with van der Waals surface area (Å²) in [5.41, 5.74) is 6.16. The third-order valence-electron chi connectivity index (χ3n) is 4.27. The number of carbonyl (C=O) groups excluding carboxylic acids is 2. The van der Waals surface area contributed by atoms with E-state index >= 15 is 0 Å². The van der Waals surface area contributed by atoms with Crippen molar-refractivity contribution in [3.63, 3.8) is 0 Å². The predicted molar refractivity (Wildman–Crippen MR) is 110 cm³/mol. The number of nitrogens with zero attached hydrogens (tertiary/aromatic N) is 2. The predicted octanol–water partition coefficient (Wildman–Crippen LogP) is 2.55. The molecule has 1 fully saturated rings. The molecule has 3 heterocycles. The molecule has 152 valence electrons. The van der Waals surface area contributed by atoms with Crippen LogP contribution in [0.25, 0.3) is 0 Å². The third-order valence-corrected chi connectivity index (χ3v) is 6.06.